The summed E-state index contributed by atoms with van der Waals surface area (Å²) < 4.78 is 15.6. The quantitative estimate of drug-likeness (QED) is 0.628. The van der Waals surface area contributed by atoms with Gasteiger partial charge in [0.2, 0.25) is 5.79 Å². The minimum absolute atomic E-state index is 0.0117. The average Bonchev–Trinajstić information content (AvgIpc) is 2.87. The number of para-hydroxylation sites is 1. The van der Waals surface area contributed by atoms with Crippen molar-refractivity contribution in [1.29, 1.82) is 0 Å². The Morgan fingerprint density at radius 2 is 1.86 bits per heavy atom. The van der Waals surface area contributed by atoms with Crippen molar-refractivity contribution in [3.63, 3.8) is 0 Å². The highest BCUT2D eigenvalue weighted by molar-refractivity contribution is 5.84. The molecule has 1 aliphatic carbocycles. The Bertz CT molecular complexity index is 956. The summed E-state index contributed by atoms with van der Waals surface area (Å²) in [5, 5.41) is 1.27. The van der Waals surface area contributed by atoms with Gasteiger partial charge in [-0.2, -0.15) is 0 Å². The largest absolute Gasteiger partial charge is 0.350 e. The summed E-state index contributed by atoms with van der Waals surface area (Å²) in [4.78, 5) is 12.2. The molecule has 29 heavy (non-hydrogen) atoms. The first-order chi connectivity index (χ1) is 13.9. The Kier molecular flexibility index (Phi) is 3.84. The predicted molar refractivity (Wildman–Crippen MR) is 109 cm³/mol. The van der Waals surface area contributed by atoms with Crippen LogP contribution in [-0.2, 0) is 26.3 Å². The van der Waals surface area contributed by atoms with Crippen molar-refractivity contribution in [2.45, 2.75) is 70.2 Å². The van der Waals surface area contributed by atoms with Crippen LogP contribution in [0.2, 0.25) is 0 Å². The second kappa shape index (κ2) is 6.07. The number of nitrogens with zero attached hydrogens (tertiary/aromatic N) is 1. The minimum atomic E-state index is -0.721. The molecule has 2 aromatic rings. The van der Waals surface area contributed by atoms with Crippen molar-refractivity contribution in [2.75, 3.05) is 0 Å². The summed E-state index contributed by atoms with van der Waals surface area (Å²) in [6.07, 6.45) is 6.12. The number of fused-ring (bicyclic) bond motifs is 3. The zero-order valence-electron chi connectivity index (χ0n) is 17.8. The number of ether oxygens (including phenoxy) is 2. The fourth-order valence-electron chi connectivity index (χ4n) is 6.86. The third kappa shape index (κ3) is 2.36. The molecule has 1 saturated carbocycles. The summed E-state index contributed by atoms with van der Waals surface area (Å²) in [6, 6.07) is 8.59. The van der Waals surface area contributed by atoms with Gasteiger partial charge >= 0.3 is 0 Å². The molecule has 2 bridgehead atoms. The van der Waals surface area contributed by atoms with Gasteiger partial charge in [-0.3, -0.25) is 0 Å². The van der Waals surface area contributed by atoms with Crippen LogP contribution in [0.4, 0.5) is 0 Å². The first kappa shape index (κ1) is 18.4. The lowest BCUT2D eigenvalue weighted by molar-refractivity contribution is -0.571. The molecule has 0 radical (unpaired) electrons. The molecule has 1 spiro atoms. The van der Waals surface area contributed by atoms with E-state index in [4.69, 9.17) is 19.2 Å². The maximum absolute atomic E-state index is 6.82. The number of hydrogen-bond donors (Lipinski definition) is 0. The Labute approximate surface area is 172 Å². The maximum Gasteiger partial charge on any atom is 0.201 e. The SMILES string of the molecule is C[C@H]1[C@H](c2cn(C)c3ccccc23)O[C@@H]2O[C@@]3(C)CC[C@H]4[C@H](C)CC[C@@H]1[C@@]24OO3. The number of hydrogen-bond acceptors (Lipinski definition) is 4. The lowest BCUT2D eigenvalue weighted by atomic mass is 9.57. The van der Waals surface area contributed by atoms with E-state index >= 15 is 0 Å². The smallest absolute Gasteiger partial charge is 0.201 e. The van der Waals surface area contributed by atoms with Crippen molar-refractivity contribution in [1.82, 2.24) is 4.57 Å². The van der Waals surface area contributed by atoms with Gasteiger partial charge in [-0.1, -0.05) is 32.0 Å². The van der Waals surface area contributed by atoms with Crippen molar-refractivity contribution in [2.24, 2.45) is 30.7 Å². The summed E-state index contributed by atoms with van der Waals surface area (Å²) in [5.41, 5.74) is 2.01. The van der Waals surface area contributed by atoms with Gasteiger partial charge in [-0.15, -0.1) is 0 Å². The van der Waals surface area contributed by atoms with Crippen LogP contribution in [0.25, 0.3) is 10.9 Å². The van der Waals surface area contributed by atoms with Crippen LogP contribution in [-0.4, -0.2) is 22.2 Å². The molecule has 0 unspecified atom stereocenters. The second-order valence-corrected chi connectivity index (χ2v) is 10.0. The maximum atomic E-state index is 6.82. The van der Waals surface area contributed by atoms with Gasteiger partial charge in [0, 0.05) is 42.0 Å². The van der Waals surface area contributed by atoms with Crippen LogP contribution >= 0.6 is 0 Å². The molecular weight excluding hydrogens is 366 g/mol. The Hall–Kier alpha value is -1.40. The molecular formula is C24H31NO4. The van der Waals surface area contributed by atoms with Gasteiger partial charge < -0.3 is 14.0 Å². The monoisotopic (exact) mass is 397 g/mol. The van der Waals surface area contributed by atoms with Gasteiger partial charge in [-0.05, 0) is 50.0 Å². The van der Waals surface area contributed by atoms with Gasteiger partial charge in [0.15, 0.2) is 11.9 Å². The molecule has 4 aliphatic heterocycles. The summed E-state index contributed by atoms with van der Waals surface area (Å²) in [6.45, 7) is 6.68. The molecule has 1 aromatic heterocycles. The molecule has 1 aromatic carbocycles. The van der Waals surface area contributed by atoms with Gasteiger partial charge in [0.1, 0.15) is 0 Å². The summed E-state index contributed by atoms with van der Waals surface area (Å²) >= 11 is 0. The molecule has 5 aliphatic rings. The summed E-state index contributed by atoms with van der Waals surface area (Å²) in [5.74, 6) is 0.954. The van der Waals surface area contributed by atoms with E-state index in [1.54, 1.807) is 0 Å². The van der Waals surface area contributed by atoms with Crippen LogP contribution < -0.4 is 0 Å². The van der Waals surface area contributed by atoms with E-state index in [0.29, 0.717) is 23.7 Å². The normalized spacial score (nSPS) is 46.5. The van der Waals surface area contributed by atoms with E-state index in [1.165, 1.54) is 22.9 Å². The highest BCUT2D eigenvalue weighted by atomic mass is 17.3. The lowest BCUT2D eigenvalue weighted by Crippen LogP contribution is -2.69. The van der Waals surface area contributed by atoms with Crippen LogP contribution in [0.3, 0.4) is 0 Å². The molecule has 4 saturated heterocycles. The lowest BCUT2D eigenvalue weighted by Gasteiger charge is -2.60. The summed E-state index contributed by atoms with van der Waals surface area (Å²) in [7, 11) is 2.11. The second-order valence-electron chi connectivity index (χ2n) is 10.0. The topological polar surface area (TPSA) is 41.9 Å². The van der Waals surface area contributed by atoms with E-state index in [9.17, 15) is 0 Å². The fraction of sp³-hybridized carbons (Fsp3) is 0.667. The molecule has 5 heterocycles. The van der Waals surface area contributed by atoms with Crippen molar-refractivity contribution in [3.8, 4) is 0 Å². The number of aromatic nitrogens is 1. The molecule has 0 amide bonds. The molecule has 5 heteroatoms. The van der Waals surface area contributed by atoms with Crippen LogP contribution in [0.5, 0.6) is 0 Å². The average molecular weight is 398 g/mol. The third-order valence-electron chi connectivity index (χ3n) is 8.39. The number of rotatable bonds is 1. The van der Waals surface area contributed by atoms with Crippen LogP contribution in [0, 0.1) is 23.7 Å². The minimum Gasteiger partial charge on any atom is -0.350 e. The Morgan fingerprint density at radius 3 is 2.72 bits per heavy atom. The molecule has 8 atom stereocenters. The highest BCUT2D eigenvalue weighted by Gasteiger charge is 2.69. The van der Waals surface area contributed by atoms with Crippen LogP contribution in [0.1, 0.15) is 58.1 Å². The van der Waals surface area contributed by atoms with E-state index in [1.807, 2.05) is 6.92 Å². The standard InChI is InChI=1S/C24H31NO4/c1-14-9-10-19-15(2)21(17-13-25(4)20-8-6-5-7-16(17)20)26-22-24(19)18(14)11-12-23(3,27-22)28-29-24/h5-8,13-15,18-19,21-22H,9-12H2,1-4H3/t14-,15-,18+,19+,21-,22-,23-,24-/m1/s1. The Morgan fingerprint density at radius 1 is 1.03 bits per heavy atom. The first-order valence-electron chi connectivity index (χ1n) is 11.2. The molecule has 5 nitrogen and oxygen atoms in total. The molecule has 7 rings (SSSR count). The molecule has 5 fully saturated rings. The molecule has 0 N–H and O–H groups in total. The van der Waals surface area contributed by atoms with E-state index < -0.39 is 11.4 Å². The zero-order valence-corrected chi connectivity index (χ0v) is 17.8. The molecule has 156 valence electrons. The van der Waals surface area contributed by atoms with Crippen molar-refractivity contribution >= 4 is 10.9 Å². The van der Waals surface area contributed by atoms with Gasteiger partial charge in [-0.25, -0.2) is 9.78 Å². The van der Waals surface area contributed by atoms with E-state index in [-0.39, 0.29) is 12.4 Å². The number of aryl methyl sites for hydroxylation is 1. The van der Waals surface area contributed by atoms with Crippen molar-refractivity contribution in [3.05, 3.63) is 36.0 Å². The van der Waals surface area contributed by atoms with Crippen LogP contribution in [0.15, 0.2) is 30.5 Å². The zero-order chi connectivity index (χ0) is 20.0. The van der Waals surface area contributed by atoms with E-state index in [2.05, 4.69) is 55.9 Å². The van der Waals surface area contributed by atoms with Gasteiger partial charge in [0.25, 0.3) is 0 Å². The Balaban J connectivity index is 1.48. The first-order valence-corrected chi connectivity index (χ1v) is 11.2. The van der Waals surface area contributed by atoms with Crippen molar-refractivity contribution < 1.29 is 19.2 Å². The van der Waals surface area contributed by atoms with E-state index in [0.717, 1.165) is 19.3 Å². The van der Waals surface area contributed by atoms with Gasteiger partial charge in [0.05, 0.1) is 6.10 Å². The predicted octanol–water partition coefficient (Wildman–Crippen LogP) is 5.10. The third-order valence-corrected chi connectivity index (χ3v) is 8.39. The number of benzene rings is 1. The highest BCUT2D eigenvalue weighted by Crippen LogP contribution is 2.62. The fourth-order valence-corrected chi connectivity index (χ4v) is 6.86.